The van der Waals surface area contributed by atoms with Crippen LogP contribution in [0.25, 0.3) is 0 Å². The number of phenolic OH excluding ortho intramolecular Hbond substituents is 1. The molecule has 1 aromatic carbocycles. The molecular weight excluding hydrogens is 186 g/mol. The van der Waals surface area contributed by atoms with E-state index in [0.717, 1.165) is 0 Å². The first-order valence-electron chi connectivity index (χ1n) is 3.67. The predicted octanol–water partition coefficient (Wildman–Crippen LogP) is 1.99. The Kier molecular flexibility index (Phi) is 2.09. The quantitative estimate of drug-likeness (QED) is 0.716. The van der Waals surface area contributed by atoms with Crippen molar-refractivity contribution in [3.63, 3.8) is 0 Å². The maximum Gasteiger partial charge on any atom is 0.239 e. The number of anilines is 2. The van der Waals surface area contributed by atoms with Crippen molar-refractivity contribution in [2.24, 2.45) is 0 Å². The van der Waals surface area contributed by atoms with Gasteiger partial charge in [-0.05, 0) is 23.7 Å². The molecular formula is C8H7N3OS. The van der Waals surface area contributed by atoms with Gasteiger partial charge < -0.3 is 10.4 Å². The molecule has 0 saturated carbocycles. The first kappa shape index (κ1) is 8.00. The van der Waals surface area contributed by atoms with E-state index in [9.17, 15) is 5.11 Å². The second kappa shape index (κ2) is 3.40. The highest BCUT2D eigenvalue weighted by Gasteiger charge is 2.01. The summed E-state index contributed by atoms with van der Waals surface area (Å²) < 4.78 is 3.96. The van der Waals surface area contributed by atoms with Crippen molar-refractivity contribution >= 4 is 23.2 Å². The number of phenols is 1. The summed E-state index contributed by atoms with van der Waals surface area (Å²) in [5.41, 5.74) is 2.24. The SMILES string of the molecule is Oc1ccccc1Nc1ncsn1. The highest BCUT2D eigenvalue weighted by molar-refractivity contribution is 7.03. The Morgan fingerprint density at radius 2 is 2.15 bits per heavy atom. The van der Waals surface area contributed by atoms with Gasteiger partial charge in [0.25, 0.3) is 0 Å². The van der Waals surface area contributed by atoms with Crippen LogP contribution in [0.5, 0.6) is 5.75 Å². The molecule has 0 unspecified atom stereocenters. The van der Waals surface area contributed by atoms with Crippen LogP contribution in [-0.4, -0.2) is 14.5 Å². The van der Waals surface area contributed by atoms with E-state index in [1.807, 2.05) is 6.07 Å². The first-order chi connectivity index (χ1) is 6.36. The molecule has 0 atom stereocenters. The molecule has 2 N–H and O–H groups in total. The summed E-state index contributed by atoms with van der Waals surface area (Å²) >= 11 is 1.26. The fraction of sp³-hybridized carbons (Fsp3) is 0. The third kappa shape index (κ3) is 1.75. The topological polar surface area (TPSA) is 58.0 Å². The van der Waals surface area contributed by atoms with E-state index >= 15 is 0 Å². The standard InChI is InChI=1S/C8H7N3OS/c12-7-4-2-1-3-6(7)10-8-9-5-13-11-8/h1-5,12H,(H,10,11). The van der Waals surface area contributed by atoms with Crippen molar-refractivity contribution < 1.29 is 5.11 Å². The Labute approximate surface area is 79.1 Å². The maximum atomic E-state index is 9.39. The van der Waals surface area contributed by atoms with E-state index in [1.54, 1.807) is 23.7 Å². The van der Waals surface area contributed by atoms with Gasteiger partial charge in [0, 0.05) is 0 Å². The summed E-state index contributed by atoms with van der Waals surface area (Å²) in [5.74, 6) is 0.698. The van der Waals surface area contributed by atoms with Crippen LogP contribution in [0.15, 0.2) is 29.8 Å². The van der Waals surface area contributed by atoms with Crippen molar-refractivity contribution in [2.45, 2.75) is 0 Å². The molecule has 0 bridgehead atoms. The lowest BCUT2D eigenvalue weighted by atomic mass is 10.3. The van der Waals surface area contributed by atoms with Gasteiger partial charge in [0.2, 0.25) is 5.95 Å². The first-order valence-corrected chi connectivity index (χ1v) is 4.51. The summed E-state index contributed by atoms with van der Waals surface area (Å²) in [6.07, 6.45) is 0. The zero-order valence-corrected chi connectivity index (χ0v) is 7.45. The largest absolute Gasteiger partial charge is 0.506 e. The number of hydrogen-bond acceptors (Lipinski definition) is 5. The minimum Gasteiger partial charge on any atom is -0.506 e. The lowest BCUT2D eigenvalue weighted by Crippen LogP contribution is -1.91. The fourth-order valence-electron chi connectivity index (χ4n) is 0.925. The summed E-state index contributed by atoms with van der Waals surface area (Å²) in [4.78, 5) is 3.94. The van der Waals surface area contributed by atoms with Crippen LogP contribution in [0, 0.1) is 0 Å². The number of nitrogens with one attached hydrogen (secondary N) is 1. The number of benzene rings is 1. The average Bonchev–Trinajstić information content (AvgIpc) is 2.61. The van der Waals surface area contributed by atoms with E-state index in [2.05, 4.69) is 14.7 Å². The minimum absolute atomic E-state index is 0.192. The maximum absolute atomic E-state index is 9.39. The molecule has 0 radical (unpaired) electrons. The minimum atomic E-state index is 0.192. The lowest BCUT2D eigenvalue weighted by Gasteiger charge is -2.02. The molecule has 2 aromatic rings. The molecule has 5 heteroatoms. The number of para-hydroxylation sites is 2. The van der Waals surface area contributed by atoms with Crippen molar-refractivity contribution in [2.75, 3.05) is 5.32 Å². The van der Waals surface area contributed by atoms with E-state index in [1.165, 1.54) is 11.5 Å². The molecule has 0 aliphatic carbocycles. The molecule has 66 valence electrons. The van der Waals surface area contributed by atoms with Crippen molar-refractivity contribution in [3.8, 4) is 5.75 Å². The molecule has 13 heavy (non-hydrogen) atoms. The lowest BCUT2D eigenvalue weighted by molar-refractivity contribution is 0.477. The molecule has 1 heterocycles. The highest BCUT2D eigenvalue weighted by atomic mass is 32.1. The Hall–Kier alpha value is -1.62. The van der Waals surface area contributed by atoms with Gasteiger partial charge >= 0.3 is 0 Å². The molecule has 0 aliphatic heterocycles. The summed E-state index contributed by atoms with van der Waals surface area (Å²) in [6.45, 7) is 0. The molecule has 0 amide bonds. The second-order valence-electron chi connectivity index (χ2n) is 2.40. The van der Waals surface area contributed by atoms with Gasteiger partial charge in [-0.2, -0.15) is 4.37 Å². The Morgan fingerprint density at radius 3 is 2.85 bits per heavy atom. The summed E-state index contributed by atoms with van der Waals surface area (Å²) in [5, 5.41) is 12.3. The van der Waals surface area contributed by atoms with Crippen LogP contribution in [0.2, 0.25) is 0 Å². The van der Waals surface area contributed by atoms with Crippen LogP contribution in [-0.2, 0) is 0 Å². The van der Waals surface area contributed by atoms with E-state index < -0.39 is 0 Å². The van der Waals surface area contributed by atoms with Crippen molar-refractivity contribution in [3.05, 3.63) is 29.8 Å². The van der Waals surface area contributed by atoms with Gasteiger partial charge in [-0.1, -0.05) is 12.1 Å². The molecule has 0 aliphatic rings. The molecule has 0 fully saturated rings. The molecule has 0 spiro atoms. The number of rotatable bonds is 2. The Balaban J connectivity index is 2.24. The number of aromatic nitrogens is 2. The normalized spacial score (nSPS) is 9.85. The van der Waals surface area contributed by atoms with E-state index in [4.69, 9.17) is 0 Å². The number of hydrogen-bond donors (Lipinski definition) is 2. The highest BCUT2D eigenvalue weighted by Crippen LogP contribution is 2.24. The van der Waals surface area contributed by atoms with Crippen LogP contribution >= 0.6 is 11.5 Å². The van der Waals surface area contributed by atoms with E-state index in [-0.39, 0.29) is 5.75 Å². The van der Waals surface area contributed by atoms with Crippen LogP contribution in [0.3, 0.4) is 0 Å². The average molecular weight is 193 g/mol. The van der Waals surface area contributed by atoms with Gasteiger partial charge in [0.1, 0.15) is 11.3 Å². The van der Waals surface area contributed by atoms with E-state index in [0.29, 0.717) is 11.6 Å². The van der Waals surface area contributed by atoms with Crippen LogP contribution < -0.4 is 5.32 Å². The third-order valence-corrected chi connectivity index (χ3v) is 1.99. The van der Waals surface area contributed by atoms with Gasteiger partial charge in [0.05, 0.1) is 5.69 Å². The van der Waals surface area contributed by atoms with Gasteiger partial charge in [-0.3, -0.25) is 0 Å². The van der Waals surface area contributed by atoms with Crippen molar-refractivity contribution in [1.82, 2.24) is 9.36 Å². The van der Waals surface area contributed by atoms with Crippen molar-refractivity contribution in [1.29, 1.82) is 0 Å². The molecule has 0 saturated heterocycles. The molecule has 4 nitrogen and oxygen atoms in total. The fourth-order valence-corrected chi connectivity index (χ4v) is 1.31. The van der Waals surface area contributed by atoms with Gasteiger partial charge in [0.15, 0.2) is 0 Å². The molecule has 2 rings (SSSR count). The zero-order valence-electron chi connectivity index (χ0n) is 6.64. The number of aromatic hydroxyl groups is 1. The monoisotopic (exact) mass is 193 g/mol. The van der Waals surface area contributed by atoms with Crippen LogP contribution in [0.4, 0.5) is 11.6 Å². The smallest absolute Gasteiger partial charge is 0.239 e. The summed E-state index contributed by atoms with van der Waals surface area (Å²) in [7, 11) is 0. The Morgan fingerprint density at radius 1 is 1.31 bits per heavy atom. The zero-order chi connectivity index (χ0) is 9.10. The molecule has 1 aromatic heterocycles. The third-order valence-electron chi connectivity index (χ3n) is 1.51. The summed E-state index contributed by atoms with van der Waals surface area (Å²) in [6, 6.07) is 6.95. The van der Waals surface area contributed by atoms with Gasteiger partial charge in [-0.25, -0.2) is 4.98 Å². The second-order valence-corrected chi connectivity index (χ2v) is 3.00. The number of nitrogens with zero attached hydrogens (tertiary/aromatic N) is 2. The Bertz CT molecular complexity index is 388. The van der Waals surface area contributed by atoms with Gasteiger partial charge in [-0.15, -0.1) is 0 Å². The predicted molar refractivity (Wildman–Crippen MR) is 51.3 cm³/mol. The van der Waals surface area contributed by atoms with Crippen LogP contribution in [0.1, 0.15) is 0 Å².